The first-order chi connectivity index (χ1) is 8.60. The van der Waals surface area contributed by atoms with Crippen molar-refractivity contribution in [1.82, 2.24) is 10.2 Å². The van der Waals surface area contributed by atoms with Gasteiger partial charge in [0.2, 0.25) is 0 Å². The van der Waals surface area contributed by atoms with Gasteiger partial charge in [-0.2, -0.15) is 0 Å². The van der Waals surface area contributed by atoms with Crippen molar-refractivity contribution >= 4 is 5.97 Å². The number of methoxy groups -OCH3 is 1. The zero-order chi connectivity index (χ0) is 12.9. The number of piperidine rings is 2. The van der Waals surface area contributed by atoms with Gasteiger partial charge in [0.1, 0.15) is 6.04 Å². The Morgan fingerprint density at radius 1 is 1.44 bits per heavy atom. The lowest BCUT2D eigenvalue weighted by molar-refractivity contribution is -0.148. The van der Waals surface area contributed by atoms with Crippen LogP contribution in [0.1, 0.15) is 26.7 Å². The van der Waals surface area contributed by atoms with E-state index >= 15 is 0 Å². The first-order valence-electron chi connectivity index (χ1n) is 7.18. The van der Waals surface area contributed by atoms with Crippen LogP contribution < -0.4 is 5.32 Å². The summed E-state index contributed by atoms with van der Waals surface area (Å²) in [6.45, 7) is 6.89. The van der Waals surface area contributed by atoms with Crippen LogP contribution in [-0.2, 0) is 9.53 Å². The standard InChI is InChI=1S/C14H24N2O2/c1-8(2)6-16-7-9-4-10-5-11(16)12(9)13(15-10)14(17)18-3/h8-13,15H,4-7H2,1-3H3. The number of ether oxygens (including phenoxy) is 1. The molecular formula is C14H24N2O2. The number of fused-ring (bicyclic) bond motifs is 1. The summed E-state index contributed by atoms with van der Waals surface area (Å²) in [6, 6.07) is 1.06. The quantitative estimate of drug-likeness (QED) is 0.757. The van der Waals surface area contributed by atoms with E-state index in [9.17, 15) is 4.79 Å². The van der Waals surface area contributed by atoms with Gasteiger partial charge in [0.15, 0.2) is 0 Å². The minimum absolute atomic E-state index is 0.0605. The highest BCUT2D eigenvalue weighted by Crippen LogP contribution is 2.46. The number of rotatable bonds is 3. The molecule has 0 aromatic rings. The lowest BCUT2D eigenvalue weighted by Crippen LogP contribution is -2.63. The van der Waals surface area contributed by atoms with Crippen molar-refractivity contribution < 1.29 is 9.53 Å². The van der Waals surface area contributed by atoms with E-state index in [1.165, 1.54) is 26.5 Å². The Kier molecular flexibility index (Phi) is 3.10. The maximum atomic E-state index is 11.9. The Labute approximate surface area is 109 Å². The lowest BCUT2D eigenvalue weighted by atomic mass is 9.69. The van der Waals surface area contributed by atoms with Crippen LogP contribution in [0.4, 0.5) is 0 Å². The van der Waals surface area contributed by atoms with Gasteiger partial charge in [-0.05, 0) is 24.7 Å². The van der Waals surface area contributed by atoms with Crippen LogP contribution in [-0.4, -0.2) is 49.2 Å². The molecular weight excluding hydrogens is 228 g/mol. The number of hydrogen-bond acceptors (Lipinski definition) is 4. The Morgan fingerprint density at radius 3 is 2.89 bits per heavy atom. The van der Waals surface area contributed by atoms with Crippen LogP contribution in [0, 0.1) is 17.8 Å². The molecule has 3 saturated heterocycles. The first-order valence-corrected chi connectivity index (χ1v) is 7.18. The molecule has 0 aromatic carbocycles. The molecule has 4 heteroatoms. The Hall–Kier alpha value is -0.610. The van der Waals surface area contributed by atoms with Crippen LogP contribution in [0.5, 0.6) is 0 Å². The van der Waals surface area contributed by atoms with E-state index in [0.29, 0.717) is 29.8 Å². The van der Waals surface area contributed by atoms with Crippen molar-refractivity contribution in [1.29, 1.82) is 0 Å². The molecule has 0 amide bonds. The van der Waals surface area contributed by atoms with Gasteiger partial charge in [-0.15, -0.1) is 0 Å². The summed E-state index contributed by atoms with van der Waals surface area (Å²) in [5, 5.41) is 3.48. The van der Waals surface area contributed by atoms with Crippen molar-refractivity contribution in [3.8, 4) is 0 Å². The zero-order valence-electron chi connectivity index (χ0n) is 11.6. The maximum absolute atomic E-state index is 11.9. The van der Waals surface area contributed by atoms with Crippen molar-refractivity contribution in [3.63, 3.8) is 0 Å². The van der Waals surface area contributed by atoms with E-state index < -0.39 is 0 Å². The molecule has 4 aliphatic rings. The largest absolute Gasteiger partial charge is 0.468 e. The summed E-state index contributed by atoms with van der Waals surface area (Å²) in [5.41, 5.74) is 0. The lowest BCUT2D eigenvalue weighted by Gasteiger charge is -2.47. The molecule has 4 bridgehead atoms. The summed E-state index contributed by atoms with van der Waals surface area (Å²) in [5.74, 6) is 1.80. The smallest absolute Gasteiger partial charge is 0.323 e. The molecule has 1 saturated carbocycles. The number of hydrogen-bond donors (Lipinski definition) is 1. The van der Waals surface area contributed by atoms with Gasteiger partial charge in [-0.1, -0.05) is 13.8 Å². The number of carbonyl (C=O) groups excluding carboxylic acids is 1. The predicted octanol–water partition coefficient (Wildman–Crippen LogP) is 0.866. The highest BCUT2D eigenvalue weighted by Gasteiger charge is 2.56. The predicted molar refractivity (Wildman–Crippen MR) is 69.1 cm³/mol. The fourth-order valence-electron chi connectivity index (χ4n) is 4.43. The number of esters is 1. The van der Waals surface area contributed by atoms with E-state index in [0.717, 1.165) is 6.54 Å². The van der Waals surface area contributed by atoms with Gasteiger partial charge >= 0.3 is 5.97 Å². The van der Waals surface area contributed by atoms with E-state index in [-0.39, 0.29) is 12.0 Å². The topological polar surface area (TPSA) is 41.6 Å². The zero-order valence-corrected chi connectivity index (χ0v) is 11.6. The summed E-state index contributed by atoms with van der Waals surface area (Å²) in [7, 11) is 1.50. The third kappa shape index (κ3) is 1.86. The van der Waals surface area contributed by atoms with E-state index in [1.54, 1.807) is 0 Å². The molecule has 4 rings (SSSR count). The van der Waals surface area contributed by atoms with Gasteiger partial charge in [-0.25, -0.2) is 0 Å². The Bertz CT molecular complexity index is 345. The summed E-state index contributed by atoms with van der Waals surface area (Å²) in [6.07, 6.45) is 2.45. The Balaban J connectivity index is 1.79. The molecule has 0 aromatic heterocycles. The first kappa shape index (κ1) is 12.4. The van der Waals surface area contributed by atoms with Crippen molar-refractivity contribution in [2.75, 3.05) is 20.2 Å². The van der Waals surface area contributed by atoms with Crippen molar-refractivity contribution in [2.45, 2.75) is 44.8 Å². The van der Waals surface area contributed by atoms with Crippen LogP contribution >= 0.6 is 0 Å². The summed E-state index contributed by atoms with van der Waals surface area (Å²) < 4.78 is 4.96. The minimum Gasteiger partial charge on any atom is -0.468 e. The maximum Gasteiger partial charge on any atom is 0.323 e. The Morgan fingerprint density at radius 2 is 2.22 bits per heavy atom. The van der Waals surface area contributed by atoms with Crippen molar-refractivity contribution in [3.05, 3.63) is 0 Å². The molecule has 3 heterocycles. The molecule has 18 heavy (non-hydrogen) atoms. The third-order valence-corrected chi connectivity index (χ3v) is 4.89. The highest BCUT2D eigenvalue weighted by molar-refractivity contribution is 5.76. The second-order valence-corrected chi connectivity index (χ2v) is 6.59. The van der Waals surface area contributed by atoms with Gasteiger partial charge in [0.05, 0.1) is 7.11 Å². The third-order valence-electron chi connectivity index (χ3n) is 4.89. The molecule has 1 N–H and O–H groups in total. The summed E-state index contributed by atoms with van der Waals surface area (Å²) >= 11 is 0. The van der Waals surface area contributed by atoms with Gasteiger partial charge in [-0.3, -0.25) is 9.69 Å². The molecule has 5 unspecified atom stereocenters. The number of carbonyl (C=O) groups is 1. The minimum atomic E-state index is -0.0641. The molecule has 3 aliphatic heterocycles. The molecule has 5 atom stereocenters. The highest BCUT2D eigenvalue weighted by atomic mass is 16.5. The second kappa shape index (κ2) is 4.49. The van der Waals surface area contributed by atoms with Crippen LogP contribution in [0.2, 0.25) is 0 Å². The van der Waals surface area contributed by atoms with E-state index in [4.69, 9.17) is 4.74 Å². The molecule has 102 valence electrons. The SMILES string of the molecule is COC(=O)C1NC2CC3CN(CC(C)C)C(C2)C31. The van der Waals surface area contributed by atoms with E-state index in [2.05, 4.69) is 24.1 Å². The van der Waals surface area contributed by atoms with Crippen LogP contribution in [0.25, 0.3) is 0 Å². The van der Waals surface area contributed by atoms with Crippen LogP contribution in [0.15, 0.2) is 0 Å². The van der Waals surface area contributed by atoms with Crippen LogP contribution in [0.3, 0.4) is 0 Å². The average Bonchev–Trinajstić information content (AvgIpc) is 2.59. The van der Waals surface area contributed by atoms with Gasteiger partial charge < -0.3 is 10.1 Å². The van der Waals surface area contributed by atoms with E-state index in [1.807, 2.05) is 0 Å². The molecule has 0 radical (unpaired) electrons. The number of nitrogens with one attached hydrogen (secondary N) is 1. The fourth-order valence-corrected chi connectivity index (χ4v) is 4.43. The monoisotopic (exact) mass is 252 g/mol. The molecule has 4 nitrogen and oxygen atoms in total. The van der Waals surface area contributed by atoms with Gasteiger partial charge in [0, 0.05) is 31.1 Å². The second-order valence-electron chi connectivity index (χ2n) is 6.59. The molecule has 4 fully saturated rings. The fraction of sp³-hybridized carbons (Fsp3) is 0.929. The molecule has 1 aliphatic carbocycles. The molecule has 0 spiro atoms. The van der Waals surface area contributed by atoms with Gasteiger partial charge in [0.25, 0.3) is 0 Å². The number of likely N-dealkylation sites (tertiary alicyclic amines) is 1. The summed E-state index contributed by atoms with van der Waals surface area (Å²) in [4.78, 5) is 14.5. The normalized spacial score (nSPS) is 42.6. The number of nitrogens with zero attached hydrogens (tertiary/aromatic N) is 1. The average molecular weight is 252 g/mol. The van der Waals surface area contributed by atoms with Crippen molar-refractivity contribution in [2.24, 2.45) is 17.8 Å².